The van der Waals surface area contributed by atoms with E-state index in [2.05, 4.69) is 31.2 Å². The Hall–Kier alpha value is -1.57. The molecule has 2 aliphatic heterocycles. The summed E-state index contributed by atoms with van der Waals surface area (Å²) in [4.78, 5) is 1.89. The maximum Gasteiger partial charge on any atom is 0.171 e. The fourth-order valence-corrected chi connectivity index (χ4v) is 8.22. The number of allylic oxidation sites excluding steroid dienone is 3. The minimum Gasteiger partial charge on any atom is -0.392 e. The normalized spacial score (nSPS) is 47.1. The number of likely N-dealkylation sites (N-methyl/N-ethyl adjacent to an activating group) is 1. The standard InChI is InChI=1S/C28H36FNO4/c1-25-11-10-19-14-28(29)24(33)23(32)21(30(2)3)15-26(28)12-13-27(19,34-26)22(25)9-8-20(25)18-6-4-17(16-31)5-7-18/h4-8,10,21-24,31-33H,9,11-16H2,1-3H3/t21-,22?,23+,24-,25+,26+,27+,28?/m0/s1. The second kappa shape index (κ2) is 7.23. The molecule has 5 aliphatic rings. The van der Waals surface area contributed by atoms with E-state index in [1.165, 1.54) is 11.1 Å². The lowest BCUT2D eigenvalue weighted by molar-refractivity contribution is -0.282. The molecule has 3 aliphatic carbocycles. The quantitative estimate of drug-likeness (QED) is 0.592. The highest BCUT2D eigenvalue weighted by Crippen LogP contribution is 2.70. The van der Waals surface area contributed by atoms with E-state index in [9.17, 15) is 15.3 Å². The summed E-state index contributed by atoms with van der Waals surface area (Å²) in [6.07, 6.45) is 5.40. The molecular formula is C28H36FNO4. The maximum absolute atomic E-state index is 16.8. The molecule has 6 rings (SSSR count). The lowest BCUT2D eigenvalue weighted by atomic mass is 9.56. The van der Waals surface area contributed by atoms with Crippen LogP contribution >= 0.6 is 0 Å². The zero-order valence-corrected chi connectivity index (χ0v) is 20.3. The molecule has 2 saturated heterocycles. The van der Waals surface area contributed by atoms with E-state index >= 15 is 4.39 Å². The molecular weight excluding hydrogens is 433 g/mol. The van der Waals surface area contributed by atoms with E-state index < -0.39 is 29.1 Å². The van der Waals surface area contributed by atoms with Gasteiger partial charge in [-0.15, -0.1) is 0 Å². The highest BCUT2D eigenvalue weighted by atomic mass is 19.1. The first-order chi connectivity index (χ1) is 16.1. The molecule has 8 atom stereocenters. The van der Waals surface area contributed by atoms with Crippen LogP contribution in [0.15, 0.2) is 42.0 Å². The summed E-state index contributed by atoms with van der Waals surface area (Å²) in [5.41, 5.74) is 0.640. The van der Waals surface area contributed by atoms with E-state index in [0.29, 0.717) is 12.8 Å². The van der Waals surface area contributed by atoms with Crippen molar-refractivity contribution in [1.29, 1.82) is 0 Å². The largest absolute Gasteiger partial charge is 0.392 e. The number of fused-ring (bicyclic) bond motifs is 1. The molecule has 34 heavy (non-hydrogen) atoms. The van der Waals surface area contributed by atoms with Crippen molar-refractivity contribution in [3.63, 3.8) is 0 Å². The number of ether oxygens (including phenoxy) is 1. The molecule has 184 valence electrons. The number of aliphatic hydroxyl groups excluding tert-OH is 3. The molecule has 1 aromatic rings. The topological polar surface area (TPSA) is 73.2 Å². The second-order valence-corrected chi connectivity index (χ2v) is 11.8. The lowest BCUT2D eigenvalue weighted by Crippen LogP contribution is -2.73. The third kappa shape index (κ3) is 2.67. The summed E-state index contributed by atoms with van der Waals surface area (Å²) in [5.74, 6) is 0.207. The van der Waals surface area contributed by atoms with Crippen LogP contribution in [0.2, 0.25) is 0 Å². The molecule has 2 bridgehead atoms. The summed E-state index contributed by atoms with van der Waals surface area (Å²) in [6, 6.07) is 7.78. The first kappa shape index (κ1) is 22.9. The molecule has 0 aromatic heterocycles. The Labute approximate surface area is 200 Å². The first-order valence-corrected chi connectivity index (χ1v) is 12.6. The van der Waals surface area contributed by atoms with Gasteiger partial charge in [0.05, 0.1) is 18.3 Å². The highest BCUT2D eigenvalue weighted by Gasteiger charge is 2.76. The number of halogens is 1. The van der Waals surface area contributed by atoms with Gasteiger partial charge in [-0.25, -0.2) is 4.39 Å². The molecule has 2 heterocycles. The number of rotatable bonds is 3. The van der Waals surface area contributed by atoms with Crippen LogP contribution < -0.4 is 0 Å². The fraction of sp³-hybridized carbons (Fsp3) is 0.643. The van der Waals surface area contributed by atoms with Crippen molar-refractivity contribution in [3.8, 4) is 0 Å². The van der Waals surface area contributed by atoms with Crippen LogP contribution in [-0.2, 0) is 11.3 Å². The van der Waals surface area contributed by atoms with E-state index in [-0.39, 0.29) is 30.4 Å². The molecule has 2 spiro atoms. The predicted octanol–water partition coefficient (Wildman–Crippen LogP) is 3.37. The van der Waals surface area contributed by atoms with Gasteiger partial charge in [-0.2, -0.15) is 0 Å². The molecule has 1 aromatic carbocycles. The minimum atomic E-state index is -1.98. The molecule has 6 heteroatoms. The van der Waals surface area contributed by atoms with Gasteiger partial charge in [0.2, 0.25) is 0 Å². The second-order valence-electron chi connectivity index (χ2n) is 11.8. The summed E-state index contributed by atoms with van der Waals surface area (Å²) in [7, 11) is 3.74. The fourth-order valence-electron chi connectivity index (χ4n) is 8.22. The lowest BCUT2D eigenvalue weighted by Gasteiger charge is -2.61. The van der Waals surface area contributed by atoms with Gasteiger partial charge in [-0.1, -0.05) is 43.3 Å². The molecule has 1 saturated carbocycles. The Morgan fingerprint density at radius 1 is 1.12 bits per heavy atom. The molecule has 5 nitrogen and oxygen atoms in total. The van der Waals surface area contributed by atoms with Gasteiger partial charge >= 0.3 is 0 Å². The Morgan fingerprint density at radius 3 is 2.53 bits per heavy atom. The van der Waals surface area contributed by atoms with Gasteiger partial charge in [-0.05, 0) is 68.5 Å². The van der Waals surface area contributed by atoms with Gasteiger partial charge in [-0.3, -0.25) is 0 Å². The van der Waals surface area contributed by atoms with E-state index in [1.54, 1.807) is 0 Å². The number of aliphatic hydroxyl groups is 3. The summed E-state index contributed by atoms with van der Waals surface area (Å²) in [5, 5.41) is 31.3. The highest BCUT2D eigenvalue weighted by molar-refractivity contribution is 5.74. The van der Waals surface area contributed by atoms with Crippen LogP contribution in [0.3, 0.4) is 0 Å². The maximum atomic E-state index is 16.8. The Bertz CT molecular complexity index is 1070. The van der Waals surface area contributed by atoms with Crippen LogP contribution in [0.1, 0.15) is 56.6 Å². The van der Waals surface area contributed by atoms with E-state index in [0.717, 1.165) is 30.4 Å². The summed E-state index contributed by atoms with van der Waals surface area (Å²) >= 11 is 0. The average molecular weight is 470 g/mol. The summed E-state index contributed by atoms with van der Waals surface area (Å²) < 4.78 is 23.7. The molecule has 2 unspecified atom stereocenters. The number of nitrogens with zero attached hydrogens (tertiary/aromatic N) is 1. The van der Waals surface area contributed by atoms with Gasteiger partial charge < -0.3 is 25.0 Å². The molecule has 3 fully saturated rings. The van der Waals surface area contributed by atoms with Gasteiger partial charge in [0.15, 0.2) is 5.67 Å². The summed E-state index contributed by atoms with van der Waals surface area (Å²) in [6.45, 7) is 2.34. The molecule has 3 N–H and O–H groups in total. The number of hydrogen-bond acceptors (Lipinski definition) is 5. The van der Waals surface area contributed by atoms with Crippen molar-refractivity contribution in [2.75, 3.05) is 14.1 Å². The van der Waals surface area contributed by atoms with Crippen molar-refractivity contribution in [3.05, 3.63) is 53.1 Å². The average Bonchev–Trinajstić information content (AvgIpc) is 3.35. The van der Waals surface area contributed by atoms with Gasteiger partial charge in [0, 0.05) is 23.8 Å². The zero-order valence-electron chi connectivity index (χ0n) is 20.3. The molecule has 0 amide bonds. The number of hydrogen-bond donors (Lipinski definition) is 3. The van der Waals surface area contributed by atoms with Crippen molar-refractivity contribution in [2.45, 2.75) is 87.2 Å². The van der Waals surface area contributed by atoms with Crippen molar-refractivity contribution >= 4 is 5.57 Å². The Balaban J connectivity index is 1.39. The van der Waals surface area contributed by atoms with E-state index in [4.69, 9.17) is 4.74 Å². The van der Waals surface area contributed by atoms with Gasteiger partial charge in [0.25, 0.3) is 0 Å². The van der Waals surface area contributed by atoms with Gasteiger partial charge in [0.1, 0.15) is 11.7 Å². The van der Waals surface area contributed by atoms with Crippen LogP contribution in [-0.4, -0.2) is 69.4 Å². The smallest absolute Gasteiger partial charge is 0.171 e. The zero-order chi connectivity index (χ0) is 24.1. The monoisotopic (exact) mass is 469 g/mol. The van der Waals surface area contributed by atoms with E-state index in [1.807, 2.05) is 31.1 Å². The number of benzene rings is 1. The first-order valence-electron chi connectivity index (χ1n) is 12.6. The Morgan fingerprint density at radius 2 is 1.85 bits per heavy atom. The van der Waals surface area contributed by atoms with Crippen molar-refractivity contribution < 1.29 is 24.4 Å². The molecule has 0 radical (unpaired) electrons. The predicted molar refractivity (Wildman–Crippen MR) is 128 cm³/mol. The SMILES string of the molecule is CN(C)[C@H]1C[C@@]23CC[C@@]4(O2)C(=CC[C@]2(C)C(c5ccc(CO)cc5)=CCC24)CC3(F)[C@@H](O)[C@@H]1O. The van der Waals surface area contributed by atoms with Crippen molar-refractivity contribution in [1.82, 2.24) is 4.90 Å². The van der Waals surface area contributed by atoms with Crippen LogP contribution in [0.5, 0.6) is 0 Å². The van der Waals surface area contributed by atoms with Crippen molar-refractivity contribution in [2.24, 2.45) is 11.3 Å². The van der Waals surface area contributed by atoms with Crippen LogP contribution in [0, 0.1) is 11.3 Å². The van der Waals surface area contributed by atoms with Crippen LogP contribution in [0.4, 0.5) is 4.39 Å². The Kier molecular flexibility index (Phi) is 4.86. The number of alkyl halides is 1. The third-order valence-electron chi connectivity index (χ3n) is 10.1. The third-order valence-corrected chi connectivity index (χ3v) is 10.1. The van der Waals surface area contributed by atoms with Crippen LogP contribution in [0.25, 0.3) is 5.57 Å². The minimum absolute atomic E-state index is 0.0316.